The molecule has 4 rings (SSSR count). The second-order valence-corrected chi connectivity index (χ2v) is 8.82. The Morgan fingerprint density at radius 3 is 2.53 bits per heavy atom. The van der Waals surface area contributed by atoms with E-state index in [9.17, 15) is 14.4 Å². The van der Waals surface area contributed by atoms with Crippen LogP contribution in [0.25, 0.3) is 0 Å². The van der Waals surface area contributed by atoms with Crippen LogP contribution < -0.4 is 19.3 Å². The molecule has 7 nitrogen and oxygen atoms in total. The number of ketones is 1. The van der Waals surface area contributed by atoms with Gasteiger partial charge in [0, 0.05) is 12.1 Å². The second kappa shape index (κ2) is 7.97. The lowest BCUT2D eigenvalue weighted by Crippen LogP contribution is -2.57. The molecule has 2 heterocycles. The minimum Gasteiger partial charge on any atom is -0.482 e. The first-order valence-corrected chi connectivity index (χ1v) is 10.9. The summed E-state index contributed by atoms with van der Waals surface area (Å²) in [6, 6.07) is 9.93. The highest BCUT2D eigenvalue weighted by atomic mass is 16.5. The molecule has 32 heavy (non-hydrogen) atoms. The van der Waals surface area contributed by atoms with Crippen LogP contribution in [0.3, 0.4) is 0 Å². The molecular formula is C25H28N2O5. The number of carbonyl (C=O) groups is 3. The molecule has 0 saturated heterocycles. The molecule has 0 saturated carbocycles. The predicted octanol–water partition coefficient (Wildman–Crippen LogP) is 3.91. The molecule has 2 aliphatic rings. The van der Waals surface area contributed by atoms with E-state index in [4.69, 9.17) is 9.47 Å². The number of hydrogen-bond acceptors (Lipinski definition) is 5. The van der Waals surface area contributed by atoms with Crippen LogP contribution in [0.1, 0.15) is 50.0 Å². The lowest BCUT2D eigenvalue weighted by Gasteiger charge is -2.41. The van der Waals surface area contributed by atoms with E-state index in [1.807, 2.05) is 32.0 Å². The summed E-state index contributed by atoms with van der Waals surface area (Å²) in [4.78, 5) is 42.4. The highest BCUT2D eigenvalue weighted by Crippen LogP contribution is 2.40. The maximum Gasteiger partial charge on any atom is 0.271 e. The van der Waals surface area contributed by atoms with Crippen LogP contribution in [-0.4, -0.2) is 42.4 Å². The summed E-state index contributed by atoms with van der Waals surface area (Å²) in [6.07, 6.45) is 0.785. The van der Waals surface area contributed by atoms with Crippen LogP contribution >= 0.6 is 0 Å². The summed E-state index contributed by atoms with van der Waals surface area (Å²) in [5.74, 6) is 0.512. The molecule has 0 radical (unpaired) electrons. The average Bonchev–Trinajstić information content (AvgIpc) is 2.76. The van der Waals surface area contributed by atoms with Crippen LogP contribution in [-0.2, 0) is 9.59 Å². The van der Waals surface area contributed by atoms with Gasteiger partial charge >= 0.3 is 0 Å². The number of rotatable bonds is 5. The molecule has 0 N–H and O–H groups in total. The molecule has 0 aromatic heterocycles. The fourth-order valence-corrected chi connectivity index (χ4v) is 4.19. The molecule has 0 fully saturated rings. The summed E-state index contributed by atoms with van der Waals surface area (Å²) in [6.45, 7) is 9.58. The van der Waals surface area contributed by atoms with E-state index in [0.29, 0.717) is 35.0 Å². The van der Waals surface area contributed by atoms with Crippen LogP contribution in [0.5, 0.6) is 11.5 Å². The summed E-state index contributed by atoms with van der Waals surface area (Å²) < 4.78 is 11.5. The second-order valence-electron chi connectivity index (χ2n) is 8.82. The Balaban J connectivity index is 1.72. The lowest BCUT2D eigenvalue weighted by atomic mass is 9.97. The van der Waals surface area contributed by atoms with Crippen molar-refractivity contribution in [1.29, 1.82) is 0 Å². The van der Waals surface area contributed by atoms with Gasteiger partial charge in [-0.15, -0.1) is 0 Å². The average molecular weight is 437 g/mol. The van der Waals surface area contributed by atoms with Crippen molar-refractivity contribution in [2.45, 2.75) is 52.7 Å². The van der Waals surface area contributed by atoms with Gasteiger partial charge in [0.2, 0.25) is 0 Å². The monoisotopic (exact) mass is 436 g/mol. The van der Waals surface area contributed by atoms with Gasteiger partial charge in [0.15, 0.2) is 18.0 Å². The molecular weight excluding hydrogens is 408 g/mol. The first-order chi connectivity index (χ1) is 15.1. The summed E-state index contributed by atoms with van der Waals surface area (Å²) in [5, 5.41) is 0. The van der Waals surface area contributed by atoms with Crippen molar-refractivity contribution in [2.24, 2.45) is 0 Å². The molecule has 2 aliphatic heterocycles. The predicted molar refractivity (Wildman–Crippen MR) is 122 cm³/mol. The highest BCUT2D eigenvalue weighted by Gasteiger charge is 2.44. The first kappa shape index (κ1) is 21.9. The van der Waals surface area contributed by atoms with Crippen molar-refractivity contribution < 1.29 is 23.9 Å². The van der Waals surface area contributed by atoms with Gasteiger partial charge in [-0.25, -0.2) is 0 Å². The Morgan fingerprint density at radius 2 is 1.81 bits per heavy atom. The summed E-state index contributed by atoms with van der Waals surface area (Å²) in [7, 11) is 0. The third kappa shape index (κ3) is 3.61. The van der Waals surface area contributed by atoms with Gasteiger partial charge < -0.3 is 14.4 Å². The smallest absolute Gasteiger partial charge is 0.271 e. The van der Waals surface area contributed by atoms with Crippen LogP contribution in [0.2, 0.25) is 0 Å². The number of fused-ring (bicyclic) bond motifs is 2. The van der Waals surface area contributed by atoms with E-state index < -0.39 is 11.6 Å². The number of carbonyl (C=O) groups excluding carboxylic acids is 3. The van der Waals surface area contributed by atoms with Gasteiger partial charge in [-0.3, -0.25) is 19.3 Å². The zero-order chi connectivity index (χ0) is 23.2. The van der Waals surface area contributed by atoms with E-state index >= 15 is 0 Å². The maximum atomic E-state index is 13.5. The molecule has 2 aromatic rings. The number of nitrogens with zero attached hydrogens (tertiary/aromatic N) is 2. The molecule has 1 atom stereocenters. The topological polar surface area (TPSA) is 76.2 Å². The van der Waals surface area contributed by atoms with Crippen molar-refractivity contribution in [3.63, 3.8) is 0 Å². The number of ether oxygens (including phenoxy) is 2. The molecule has 0 spiro atoms. The number of Topliss-reactive ketones (excluding diaryl/α,β-unsaturated/α-hetero) is 1. The molecule has 0 aliphatic carbocycles. The Bertz CT molecular complexity index is 1110. The molecule has 0 bridgehead atoms. The Labute approximate surface area is 187 Å². The minimum atomic E-state index is -1.09. The van der Waals surface area contributed by atoms with Gasteiger partial charge in [-0.05, 0) is 70.0 Å². The molecule has 1 unspecified atom stereocenters. The Kier molecular flexibility index (Phi) is 5.44. The third-order valence-electron chi connectivity index (χ3n) is 5.87. The Morgan fingerprint density at radius 1 is 1.09 bits per heavy atom. The van der Waals surface area contributed by atoms with E-state index in [2.05, 4.69) is 0 Å². The normalized spacial score (nSPS) is 17.8. The van der Waals surface area contributed by atoms with Crippen molar-refractivity contribution >= 4 is 29.0 Å². The van der Waals surface area contributed by atoms with Crippen molar-refractivity contribution in [3.8, 4) is 11.5 Å². The fourth-order valence-electron chi connectivity index (χ4n) is 4.19. The quantitative estimate of drug-likeness (QED) is 0.665. The minimum absolute atomic E-state index is 0.00973. The number of benzene rings is 2. The Hall–Kier alpha value is -3.35. The number of aryl methyl sites for hydroxylation is 1. The standard InChI is InChI=1S/C25H28N2O5/c1-6-11-26-18-13-17(8-10-20(18)31-14-22(26)28)23(29)16(3)27-19-12-15(2)7-9-21(19)32-25(4,5)24(27)30/h7-10,12-13,16H,6,11,14H2,1-5H3. The van der Waals surface area contributed by atoms with E-state index in [1.165, 1.54) is 4.90 Å². The van der Waals surface area contributed by atoms with E-state index in [1.54, 1.807) is 43.9 Å². The third-order valence-corrected chi connectivity index (χ3v) is 5.87. The summed E-state index contributed by atoms with van der Waals surface area (Å²) >= 11 is 0. The number of hydrogen-bond donors (Lipinski definition) is 0. The van der Waals surface area contributed by atoms with E-state index in [0.717, 1.165) is 12.0 Å². The molecule has 2 aromatic carbocycles. The van der Waals surface area contributed by atoms with Crippen molar-refractivity contribution in [2.75, 3.05) is 23.0 Å². The largest absolute Gasteiger partial charge is 0.482 e. The molecule has 7 heteroatoms. The highest BCUT2D eigenvalue weighted by molar-refractivity contribution is 6.12. The molecule has 168 valence electrons. The van der Waals surface area contributed by atoms with Gasteiger partial charge in [0.1, 0.15) is 11.5 Å². The lowest BCUT2D eigenvalue weighted by molar-refractivity contribution is -0.133. The van der Waals surface area contributed by atoms with E-state index in [-0.39, 0.29) is 24.2 Å². The molecule has 2 amide bonds. The number of amides is 2. The van der Waals surface area contributed by atoms with Gasteiger partial charge in [0.25, 0.3) is 11.8 Å². The maximum absolute atomic E-state index is 13.5. The zero-order valence-electron chi connectivity index (χ0n) is 19.1. The van der Waals surface area contributed by atoms with Crippen molar-refractivity contribution in [1.82, 2.24) is 0 Å². The summed E-state index contributed by atoms with van der Waals surface area (Å²) in [5.41, 5.74) is 1.46. The van der Waals surface area contributed by atoms with Gasteiger partial charge in [0.05, 0.1) is 17.4 Å². The number of anilines is 2. The first-order valence-electron chi connectivity index (χ1n) is 10.9. The fraction of sp³-hybridized carbons (Fsp3) is 0.400. The van der Waals surface area contributed by atoms with Crippen LogP contribution in [0.4, 0.5) is 11.4 Å². The van der Waals surface area contributed by atoms with Crippen LogP contribution in [0.15, 0.2) is 36.4 Å². The van der Waals surface area contributed by atoms with Gasteiger partial charge in [-0.1, -0.05) is 13.0 Å². The zero-order valence-corrected chi connectivity index (χ0v) is 19.1. The van der Waals surface area contributed by atoms with Crippen LogP contribution in [0, 0.1) is 6.92 Å². The SMILES string of the molecule is CCCN1C(=O)COc2ccc(C(=O)C(C)N3C(=O)C(C)(C)Oc4ccc(C)cc43)cc21. The van der Waals surface area contributed by atoms with Crippen molar-refractivity contribution in [3.05, 3.63) is 47.5 Å². The van der Waals surface area contributed by atoms with Gasteiger partial charge in [-0.2, -0.15) is 0 Å².